The first-order valence-corrected chi connectivity index (χ1v) is 4.72. The Labute approximate surface area is 92.4 Å². The molecule has 0 aliphatic carbocycles. The maximum absolute atomic E-state index is 12.6. The van der Waals surface area contributed by atoms with Crippen molar-refractivity contribution in [3.8, 4) is 0 Å². The van der Waals surface area contributed by atoms with Crippen molar-refractivity contribution in [2.24, 2.45) is 0 Å². The van der Waals surface area contributed by atoms with Gasteiger partial charge in [-0.3, -0.25) is 9.59 Å². The second kappa shape index (κ2) is 5.25. The topological polar surface area (TPSA) is 55.4 Å². The first-order valence-electron chi connectivity index (χ1n) is 4.72. The minimum absolute atomic E-state index is 0.383. The summed E-state index contributed by atoms with van der Waals surface area (Å²) < 4.78 is 17.3. The number of rotatable bonds is 3. The summed E-state index contributed by atoms with van der Waals surface area (Å²) in [7, 11) is 0. The van der Waals surface area contributed by atoms with Gasteiger partial charge < -0.3 is 10.1 Å². The Morgan fingerprint density at radius 2 is 1.88 bits per heavy atom. The Balaban J connectivity index is 2.57. The molecule has 5 heteroatoms. The maximum atomic E-state index is 12.6. The summed E-state index contributed by atoms with van der Waals surface area (Å²) in [5, 5.41) is 2.49. The van der Waals surface area contributed by atoms with Crippen LogP contribution in [-0.4, -0.2) is 18.0 Å². The van der Waals surface area contributed by atoms with E-state index in [1.807, 2.05) is 0 Å². The third-order valence-electron chi connectivity index (χ3n) is 1.82. The molecule has 0 radical (unpaired) electrons. The van der Waals surface area contributed by atoms with E-state index < -0.39 is 18.0 Å². The summed E-state index contributed by atoms with van der Waals surface area (Å²) >= 11 is 0. The van der Waals surface area contributed by atoms with Crippen LogP contribution < -0.4 is 5.32 Å². The molecule has 0 bridgehead atoms. The molecule has 0 fully saturated rings. The summed E-state index contributed by atoms with van der Waals surface area (Å²) in [6.07, 6.45) is -0.873. The van der Waals surface area contributed by atoms with Crippen molar-refractivity contribution in [1.82, 2.24) is 0 Å². The normalized spacial score (nSPS) is 11.7. The Hall–Kier alpha value is -1.91. The summed E-state index contributed by atoms with van der Waals surface area (Å²) in [6.45, 7) is 2.68. The van der Waals surface area contributed by atoms with Crippen LogP contribution in [0.1, 0.15) is 13.8 Å². The molecule has 0 saturated heterocycles. The van der Waals surface area contributed by atoms with Crippen LogP contribution in [0.3, 0.4) is 0 Å². The highest BCUT2D eigenvalue weighted by Gasteiger charge is 2.15. The van der Waals surface area contributed by atoms with Gasteiger partial charge in [-0.05, 0) is 31.2 Å². The molecule has 4 nitrogen and oxygen atoms in total. The largest absolute Gasteiger partial charge is 0.453 e. The zero-order valence-corrected chi connectivity index (χ0v) is 8.99. The van der Waals surface area contributed by atoms with E-state index in [1.165, 1.54) is 38.1 Å². The lowest BCUT2D eigenvalue weighted by Gasteiger charge is -2.11. The smallest absolute Gasteiger partial charge is 0.303 e. The molecule has 16 heavy (non-hydrogen) atoms. The third kappa shape index (κ3) is 3.68. The molecule has 0 heterocycles. The van der Waals surface area contributed by atoms with Crippen molar-refractivity contribution in [3.63, 3.8) is 0 Å². The Kier molecular flexibility index (Phi) is 3.99. The van der Waals surface area contributed by atoms with Gasteiger partial charge in [0.05, 0.1) is 0 Å². The van der Waals surface area contributed by atoms with Gasteiger partial charge in [-0.25, -0.2) is 4.39 Å². The number of ether oxygens (including phenoxy) is 1. The lowest BCUT2D eigenvalue weighted by atomic mass is 10.3. The van der Waals surface area contributed by atoms with Gasteiger partial charge in [0.25, 0.3) is 5.91 Å². The molecule has 0 spiro atoms. The number of halogens is 1. The number of esters is 1. The molecule has 0 aromatic heterocycles. The minimum Gasteiger partial charge on any atom is -0.453 e. The van der Waals surface area contributed by atoms with Crippen molar-refractivity contribution < 1.29 is 18.7 Å². The van der Waals surface area contributed by atoms with Crippen LogP contribution in [-0.2, 0) is 14.3 Å². The molecule has 1 aromatic rings. The van der Waals surface area contributed by atoms with Crippen LogP contribution in [0, 0.1) is 5.82 Å². The second-order valence-electron chi connectivity index (χ2n) is 3.25. The van der Waals surface area contributed by atoms with E-state index in [1.54, 1.807) is 0 Å². The molecular weight excluding hydrogens is 213 g/mol. The predicted molar refractivity (Wildman–Crippen MR) is 56.3 cm³/mol. The van der Waals surface area contributed by atoms with Crippen molar-refractivity contribution in [3.05, 3.63) is 30.1 Å². The van der Waals surface area contributed by atoms with Crippen molar-refractivity contribution >= 4 is 17.6 Å². The van der Waals surface area contributed by atoms with E-state index >= 15 is 0 Å². The first-order chi connectivity index (χ1) is 7.49. The van der Waals surface area contributed by atoms with Crippen molar-refractivity contribution in [2.75, 3.05) is 5.32 Å². The van der Waals surface area contributed by atoms with Crippen LogP contribution in [0.4, 0.5) is 10.1 Å². The van der Waals surface area contributed by atoms with E-state index in [0.29, 0.717) is 5.69 Å². The summed E-state index contributed by atoms with van der Waals surface area (Å²) in [6, 6.07) is 5.31. The van der Waals surface area contributed by atoms with Gasteiger partial charge in [-0.15, -0.1) is 0 Å². The molecule has 1 aromatic carbocycles. The fourth-order valence-corrected chi connectivity index (χ4v) is 1.08. The predicted octanol–water partition coefficient (Wildman–Crippen LogP) is 1.72. The van der Waals surface area contributed by atoms with E-state index in [-0.39, 0.29) is 5.82 Å². The molecule has 86 valence electrons. The van der Waals surface area contributed by atoms with Gasteiger partial charge in [-0.1, -0.05) is 0 Å². The number of nitrogens with one attached hydrogen (secondary N) is 1. The molecule has 1 N–H and O–H groups in total. The van der Waals surface area contributed by atoms with Crippen molar-refractivity contribution in [1.29, 1.82) is 0 Å². The van der Waals surface area contributed by atoms with Gasteiger partial charge >= 0.3 is 5.97 Å². The molecule has 0 saturated carbocycles. The fourth-order valence-electron chi connectivity index (χ4n) is 1.08. The van der Waals surface area contributed by atoms with E-state index in [9.17, 15) is 14.0 Å². The number of hydrogen-bond acceptors (Lipinski definition) is 3. The second-order valence-corrected chi connectivity index (χ2v) is 3.25. The maximum Gasteiger partial charge on any atom is 0.303 e. The number of benzene rings is 1. The Bertz CT molecular complexity index is 389. The lowest BCUT2D eigenvalue weighted by molar-refractivity contribution is -0.150. The van der Waals surface area contributed by atoms with Crippen LogP contribution in [0.15, 0.2) is 24.3 Å². The van der Waals surface area contributed by atoms with Gasteiger partial charge in [-0.2, -0.15) is 0 Å². The zero-order chi connectivity index (χ0) is 12.1. The Morgan fingerprint density at radius 3 is 2.38 bits per heavy atom. The zero-order valence-electron chi connectivity index (χ0n) is 8.99. The summed E-state index contributed by atoms with van der Waals surface area (Å²) in [4.78, 5) is 22.1. The van der Waals surface area contributed by atoms with E-state index in [4.69, 9.17) is 0 Å². The number of carbonyl (C=O) groups is 2. The van der Waals surface area contributed by atoms with Crippen LogP contribution in [0.25, 0.3) is 0 Å². The van der Waals surface area contributed by atoms with Crippen LogP contribution in [0.5, 0.6) is 0 Å². The van der Waals surface area contributed by atoms with Crippen molar-refractivity contribution in [2.45, 2.75) is 20.0 Å². The average molecular weight is 225 g/mol. The van der Waals surface area contributed by atoms with Gasteiger partial charge in [0.1, 0.15) is 5.82 Å². The van der Waals surface area contributed by atoms with E-state index in [2.05, 4.69) is 10.1 Å². The molecule has 0 aliphatic heterocycles. The van der Waals surface area contributed by atoms with Gasteiger partial charge in [0, 0.05) is 12.6 Å². The van der Waals surface area contributed by atoms with E-state index in [0.717, 1.165) is 0 Å². The molecular formula is C11H12FNO3. The Morgan fingerprint density at radius 1 is 1.31 bits per heavy atom. The molecule has 0 unspecified atom stereocenters. The minimum atomic E-state index is -0.873. The lowest BCUT2D eigenvalue weighted by Crippen LogP contribution is -2.29. The SMILES string of the molecule is CC(=O)O[C@@H](C)C(=O)Nc1ccc(F)cc1. The number of amides is 1. The number of hydrogen-bond donors (Lipinski definition) is 1. The summed E-state index contributed by atoms with van der Waals surface area (Å²) in [5.41, 5.74) is 0.449. The first kappa shape index (κ1) is 12.2. The van der Waals surface area contributed by atoms with Gasteiger partial charge in [0.2, 0.25) is 0 Å². The molecule has 1 rings (SSSR count). The summed E-state index contributed by atoms with van der Waals surface area (Å²) in [5.74, 6) is -1.37. The third-order valence-corrected chi connectivity index (χ3v) is 1.82. The fraction of sp³-hybridized carbons (Fsp3) is 0.273. The monoisotopic (exact) mass is 225 g/mol. The molecule has 1 atom stereocenters. The highest BCUT2D eigenvalue weighted by molar-refractivity contribution is 5.94. The van der Waals surface area contributed by atoms with Gasteiger partial charge in [0.15, 0.2) is 6.10 Å². The average Bonchev–Trinajstić information content (AvgIpc) is 2.20. The number of carbonyl (C=O) groups excluding carboxylic acids is 2. The highest BCUT2D eigenvalue weighted by atomic mass is 19.1. The molecule has 0 aliphatic rings. The number of anilines is 1. The standard InChI is InChI=1S/C11H12FNO3/c1-7(16-8(2)14)11(15)13-10-5-3-9(12)4-6-10/h3-7H,1-2H3,(H,13,15)/t7-/m0/s1. The quantitative estimate of drug-likeness (QED) is 0.797. The van der Waals surface area contributed by atoms with Crippen LogP contribution in [0.2, 0.25) is 0 Å². The molecule has 1 amide bonds. The van der Waals surface area contributed by atoms with Crippen LogP contribution >= 0.6 is 0 Å². The highest BCUT2D eigenvalue weighted by Crippen LogP contribution is 2.09.